The number of hydrogen-bond acceptors (Lipinski definition) is 4. The molecule has 0 unspecified atom stereocenters. The molecule has 0 aliphatic carbocycles. The molecule has 1 aliphatic heterocycles. The number of nitriles is 1. The number of nitrogens with two attached hydrogens (primary N) is 1. The van der Waals surface area contributed by atoms with Crippen molar-refractivity contribution >= 4 is 0 Å². The van der Waals surface area contributed by atoms with Crippen LogP contribution in [-0.2, 0) is 12.7 Å². The van der Waals surface area contributed by atoms with E-state index in [1.54, 1.807) is 6.20 Å². The van der Waals surface area contributed by atoms with Gasteiger partial charge in [-0.25, -0.2) is 0 Å². The fourth-order valence-corrected chi connectivity index (χ4v) is 3.27. The van der Waals surface area contributed by atoms with Gasteiger partial charge in [-0.1, -0.05) is 18.2 Å². The van der Waals surface area contributed by atoms with E-state index in [1.807, 2.05) is 12.1 Å². The van der Waals surface area contributed by atoms with Crippen LogP contribution in [0.4, 0.5) is 13.2 Å². The minimum absolute atomic E-state index is 0.379. The van der Waals surface area contributed by atoms with Gasteiger partial charge in [0, 0.05) is 36.9 Å². The van der Waals surface area contributed by atoms with Gasteiger partial charge in [-0.15, -0.1) is 0 Å². The first-order chi connectivity index (χ1) is 12.8. The minimum atomic E-state index is -4.33. The van der Waals surface area contributed by atoms with Crippen LogP contribution in [0.3, 0.4) is 0 Å². The number of alkyl halides is 3. The maximum Gasteiger partial charge on any atom is 0.416 e. The van der Waals surface area contributed by atoms with Crippen molar-refractivity contribution in [1.29, 1.82) is 5.26 Å². The molecule has 1 saturated heterocycles. The third-order valence-corrected chi connectivity index (χ3v) is 5.02. The minimum Gasteiger partial charge on any atom is -0.324 e. The topological polar surface area (TPSA) is 65.9 Å². The van der Waals surface area contributed by atoms with E-state index in [0.29, 0.717) is 17.7 Å². The van der Waals surface area contributed by atoms with Crippen LogP contribution in [0, 0.1) is 11.3 Å². The summed E-state index contributed by atoms with van der Waals surface area (Å²) in [5.41, 5.74) is 7.50. The van der Waals surface area contributed by atoms with Crippen LogP contribution in [-0.4, -0.2) is 28.5 Å². The van der Waals surface area contributed by atoms with E-state index in [-0.39, 0.29) is 5.54 Å². The zero-order valence-electron chi connectivity index (χ0n) is 14.8. The van der Waals surface area contributed by atoms with Gasteiger partial charge in [-0.2, -0.15) is 18.4 Å². The number of rotatable bonds is 4. The highest BCUT2D eigenvalue weighted by atomic mass is 19.4. The molecular formula is C20H21F3N4. The number of hydrogen-bond donors (Lipinski definition) is 1. The highest BCUT2D eigenvalue weighted by Gasteiger charge is 2.31. The zero-order valence-corrected chi connectivity index (χ0v) is 14.8. The van der Waals surface area contributed by atoms with E-state index in [2.05, 4.69) is 16.0 Å². The van der Waals surface area contributed by atoms with E-state index in [1.165, 1.54) is 12.1 Å². The molecule has 2 aromatic rings. The Labute approximate surface area is 156 Å². The van der Waals surface area contributed by atoms with Crippen molar-refractivity contribution in [2.75, 3.05) is 13.1 Å². The molecule has 0 bridgehead atoms. The summed E-state index contributed by atoms with van der Waals surface area (Å²) in [6.07, 6.45) is -0.620. The second-order valence-corrected chi connectivity index (χ2v) is 7.10. The summed E-state index contributed by atoms with van der Waals surface area (Å²) in [4.78, 5) is 6.66. The summed E-state index contributed by atoms with van der Waals surface area (Å²) >= 11 is 0. The average molecular weight is 374 g/mol. The van der Waals surface area contributed by atoms with Crippen LogP contribution in [0.5, 0.6) is 0 Å². The van der Waals surface area contributed by atoms with Gasteiger partial charge in [0.05, 0.1) is 23.7 Å². The van der Waals surface area contributed by atoms with E-state index >= 15 is 0 Å². The Morgan fingerprint density at radius 3 is 2.30 bits per heavy atom. The number of benzene rings is 1. The molecule has 0 radical (unpaired) electrons. The van der Waals surface area contributed by atoms with Crippen molar-refractivity contribution in [2.45, 2.75) is 37.5 Å². The third kappa shape index (κ3) is 4.85. The molecule has 0 amide bonds. The number of piperidine rings is 1. The number of pyridine rings is 1. The predicted octanol–water partition coefficient (Wildman–Crippen LogP) is 3.97. The molecule has 0 spiro atoms. The maximum atomic E-state index is 12.6. The average Bonchev–Trinajstić information content (AvgIpc) is 2.64. The molecule has 7 heteroatoms. The second-order valence-electron chi connectivity index (χ2n) is 7.10. The second kappa shape index (κ2) is 7.67. The first-order valence-corrected chi connectivity index (χ1v) is 8.80. The Morgan fingerprint density at radius 2 is 1.78 bits per heavy atom. The van der Waals surface area contributed by atoms with Crippen LogP contribution in [0.1, 0.15) is 30.4 Å². The Bertz CT molecular complexity index is 799. The lowest BCUT2D eigenvalue weighted by atomic mass is 9.86. The molecule has 0 saturated carbocycles. The van der Waals surface area contributed by atoms with Crippen molar-refractivity contribution in [3.8, 4) is 17.3 Å². The fraction of sp³-hybridized carbons (Fsp3) is 0.400. The van der Waals surface area contributed by atoms with Gasteiger partial charge in [0.2, 0.25) is 0 Å². The van der Waals surface area contributed by atoms with E-state index in [9.17, 15) is 13.2 Å². The molecule has 2 N–H and O–H groups in total. The van der Waals surface area contributed by atoms with Crippen molar-refractivity contribution in [2.24, 2.45) is 5.73 Å². The first kappa shape index (κ1) is 19.3. The maximum absolute atomic E-state index is 12.6. The summed E-state index contributed by atoms with van der Waals surface area (Å²) in [6.45, 7) is 2.40. The number of aromatic nitrogens is 1. The summed E-state index contributed by atoms with van der Waals surface area (Å²) < 4.78 is 37.9. The van der Waals surface area contributed by atoms with Crippen molar-refractivity contribution in [3.05, 3.63) is 53.7 Å². The first-order valence-electron chi connectivity index (χ1n) is 8.80. The molecule has 0 atom stereocenters. The third-order valence-electron chi connectivity index (χ3n) is 5.02. The molecule has 27 heavy (non-hydrogen) atoms. The molecule has 2 heterocycles. The summed E-state index contributed by atoms with van der Waals surface area (Å²) in [5.74, 6) is 0. The van der Waals surface area contributed by atoms with Gasteiger partial charge in [-0.3, -0.25) is 9.88 Å². The van der Waals surface area contributed by atoms with Crippen LogP contribution in [0.2, 0.25) is 0 Å². The number of nitrogens with zero attached hydrogens (tertiary/aromatic N) is 3. The standard InChI is InChI=1S/C20H21F3N4/c21-20(22,23)17-4-2-16(3-5-17)18-6-1-15(13-26-18)14-27-11-8-19(25,7-10-24)9-12-27/h1-6,13H,7-9,11-12,14,25H2. The van der Waals surface area contributed by atoms with Crippen LogP contribution in [0.15, 0.2) is 42.6 Å². The van der Waals surface area contributed by atoms with Gasteiger partial charge >= 0.3 is 6.18 Å². The van der Waals surface area contributed by atoms with Gasteiger partial charge < -0.3 is 5.73 Å². The zero-order chi connectivity index (χ0) is 19.5. The quantitative estimate of drug-likeness (QED) is 0.879. The Balaban J connectivity index is 1.60. The van der Waals surface area contributed by atoms with Crippen molar-refractivity contribution < 1.29 is 13.2 Å². The summed E-state index contributed by atoms with van der Waals surface area (Å²) in [6, 6.07) is 10.9. The number of halogens is 3. The molecule has 3 rings (SSSR count). The number of likely N-dealkylation sites (tertiary alicyclic amines) is 1. The van der Waals surface area contributed by atoms with Gasteiger partial charge in [0.25, 0.3) is 0 Å². The van der Waals surface area contributed by atoms with E-state index in [4.69, 9.17) is 11.0 Å². The lowest BCUT2D eigenvalue weighted by Gasteiger charge is -2.37. The SMILES string of the molecule is N#CCC1(N)CCN(Cc2ccc(-c3ccc(C(F)(F)F)cc3)nc2)CC1. The molecule has 4 nitrogen and oxygen atoms in total. The lowest BCUT2D eigenvalue weighted by molar-refractivity contribution is -0.137. The summed E-state index contributed by atoms with van der Waals surface area (Å²) in [5, 5.41) is 8.85. The molecule has 1 aliphatic rings. The summed E-state index contributed by atoms with van der Waals surface area (Å²) in [7, 11) is 0. The Kier molecular flexibility index (Phi) is 5.49. The van der Waals surface area contributed by atoms with Crippen LogP contribution >= 0.6 is 0 Å². The highest BCUT2D eigenvalue weighted by Crippen LogP contribution is 2.30. The molecule has 1 aromatic heterocycles. The van der Waals surface area contributed by atoms with Gasteiger partial charge in [0.1, 0.15) is 0 Å². The van der Waals surface area contributed by atoms with E-state index in [0.717, 1.165) is 50.2 Å². The molecule has 142 valence electrons. The van der Waals surface area contributed by atoms with Crippen LogP contribution in [0.25, 0.3) is 11.3 Å². The molecule has 1 aromatic carbocycles. The van der Waals surface area contributed by atoms with Gasteiger partial charge in [0.15, 0.2) is 0 Å². The molecule has 1 fully saturated rings. The van der Waals surface area contributed by atoms with Crippen molar-refractivity contribution in [3.63, 3.8) is 0 Å². The Morgan fingerprint density at radius 1 is 1.11 bits per heavy atom. The van der Waals surface area contributed by atoms with Gasteiger partial charge in [-0.05, 0) is 36.6 Å². The smallest absolute Gasteiger partial charge is 0.324 e. The largest absolute Gasteiger partial charge is 0.416 e. The van der Waals surface area contributed by atoms with Crippen LogP contribution < -0.4 is 5.73 Å². The fourth-order valence-electron chi connectivity index (χ4n) is 3.27. The predicted molar refractivity (Wildman–Crippen MR) is 96.3 cm³/mol. The Hall–Kier alpha value is -2.43. The van der Waals surface area contributed by atoms with E-state index < -0.39 is 11.7 Å². The molecular weight excluding hydrogens is 353 g/mol. The monoisotopic (exact) mass is 374 g/mol. The normalized spacial score (nSPS) is 17.4. The highest BCUT2D eigenvalue weighted by molar-refractivity contribution is 5.59. The lowest BCUT2D eigenvalue weighted by Crippen LogP contribution is -2.49. The van der Waals surface area contributed by atoms with Crippen molar-refractivity contribution in [1.82, 2.24) is 9.88 Å².